The summed E-state index contributed by atoms with van der Waals surface area (Å²) < 4.78 is 0. The zero-order chi connectivity index (χ0) is 14.8. The minimum atomic E-state index is -0.0537. The molecule has 0 unspecified atom stereocenters. The molecule has 2 bridgehead atoms. The van der Waals surface area contributed by atoms with Crippen LogP contribution in [0.4, 0.5) is 0 Å². The van der Waals surface area contributed by atoms with Crippen LogP contribution in [0.25, 0.3) is 0 Å². The van der Waals surface area contributed by atoms with Crippen LogP contribution in [0.5, 0.6) is 0 Å². The third kappa shape index (κ3) is 1.57. The lowest BCUT2D eigenvalue weighted by atomic mass is 9.63. The van der Waals surface area contributed by atoms with E-state index in [-0.39, 0.29) is 23.7 Å². The first-order valence-corrected chi connectivity index (χ1v) is 8.33. The van der Waals surface area contributed by atoms with Gasteiger partial charge in [-0.05, 0) is 42.1 Å². The van der Waals surface area contributed by atoms with E-state index >= 15 is 0 Å². The predicted octanol–water partition coefficient (Wildman–Crippen LogP) is 2.28. The summed E-state index contributed by atoms with van der Waals surface area (Å²) in [7, 11) is 0. The topological polar surface area (TPSA) is 37.4 Å². The fraction of sp³-hybridized carbons (Fsp3) is 0.474. The van der Waals surface area contributed by atoms with E-state index in [1.165, 1.54) is 12.0 Å². The highest BCUT2D eigenvalue weighted by atomic mass is 16.2. The molecule has 2 amide bonds. The van der Waals surface area contributed by atoms with Crippen molar-refractivity contribution in [3.8, 4) is 0 Å². The Labute approximate surface area is 130 Å². The first kappa shape index (κ1) is 12.6. The van der Waals surface area contributed by atoms with E-state index in [2.05, 4.69) is 24.3 Å². The highest BCUT2D eigenvalue weighted by Gasteiger charge is 2.66. The van der Waals surface area contributed by atoms with Crippen LogP contribution in [0, 0.1) is 35.5 Å². The van der Waals surface area contributed by atoms with Crippen molar-refractivity contribution in [3.63, 3.8) is 0 Å². The van der Waals surface area contributed by atoms with Crippen LogP contribution in [-0.4, -0.2) is 23.3 Å². The average molecular weight is 293 g/mol. The van der Waals surface area contributed by atoms with E-state index < -0.39 is 0 Å². The number of carbonyl (C=O) groups excluding carboxylic acids is 2. The average Bonchev–Trinajstić information content (AvgIpc) is 3.33. The second-order valence-corrected chi connectivity index (χ2v) is 7.22. The molecule has 0 radical (unpaired) electrons. The number of carbonyl (C=O) groups is 2. The standard InChI is InChI=1S/C19H19NO2/c21-18-16-12-6-7-13(15-10-14(12)15)17(16)19(22)20(18)9-8-11-4-2-1-3-5-11/h1-7,12-17H,8-10H2/t12-,13-,14-,15-,16-,17+/m0/s1. The van der Waals surface area contributed by atoms with Gasteiger partial charge >= 0.3 is 0 Å². The maximum Gasteiger partial charge on any atom is 0.233 e. The van der Waals surface area contributed by atoms with Crippen LogP contribution < -0.4 is 0 Å². The minimum Gasteiger partial charge on any atom is -0.282 e. The molecule has 4 aliphatic carbocycles. The van der Waals surface area contributed by atoms with E-state index in [4.69, 9.17) is 0 Å². The Bertz CT molecular complexity index is 644. The molecular weight excluding hydrogens is 274 g/mol. The molecule has 3 fully saturated rings. The molecule has 3 heteroatoms. The number of allylic oxidation sites excluding steroid dienone is 2. The SMILES string of the molecule is O=C1[C@@H]2[C@H]3C=C[C@@H]([C@@H]4C[C@@H]34)[C@@H]2C(=O)N1CCc1ccccc1. The normalized spacial score (nSPS) is 40.8. The molecule has 0 aromatic heterocycles. The van der Waals surface area contributed by atoms with Crippen molar-refractivity contribution in [2.75, 3.05) is 6.54 Å². The molecule has 0 spiro atoms. The van der Waals surface area contributed by atoms with Gasteiger partial charge in [-0.1, -0.05) is 42.5 Å². The first-order valence-electron chi connectivity index (χ1n) is 8.33. The Morgan fingerprint density at radius 2 is 1.50 bits per heavy atom. The number of likely N-dealkylation sites (tertiary alicyclic amines) is 1. The van der Waals surface area contributed by atoms with Gasteiger partial charge in [0.15, 0.2) is 0 Å². The highest BCUT2D eigenvalue weighted by molar-refractivity contribution is 6.06. The molecule has 5 aliphatic rings. The monoisotopic (exact) mass is 293 g/mol. The van der Waals surface area contributed by atoms with Gasteiger partial charge < -0.3 is 0 Å². The third-order valence-electron chi connectivity index (χ3n) is 6.22. The summed E-state index contributed by atoms with van der Waals surface area (Å²) in [6, 6.07) is 10.1. The molecule has 1 aromatic carbocycles. The molecule has 1 saturated heterocycles. The van der Waals surface area contributed by atoms with Crippen molar-refractivity contribution in [3.05, 3.63) is 48.0 Å². The van der Waals surface area contributed by atoms with Crippen LogP contribution >= 0.6 is 0 Å². The zero-order valence-corrected chi connectivity index (χ0v) is 12.4. The molecule has 22 heavy (non-hydrogen) atoms. The fourth-order valence-electron chi connectivity index (χ4n) is 5.12. The van der Waals surface area contributed by atoms with Crippen LogP contribution in [-0.2, 0) is 16.0 Å². The molecule has 6 rings (SSSR count). The van der Waals surface area contributed by atoms with E-state index in [9.17, 15) is 9.59 Å². The Kier molecular flexibility index (Phi) is 2.47. The molecule has 6 atom stereocenters. The van der Waals surface area contributed by atoms with Crippen molar-refractivity contribution < 1.29 is 9.59 Å². The second kappa shape index (κ2) is 4.31. The number of nitrogens with zero attached hydrogens (tertiary/aromatic N) is 1. The van der Waals surface area contributed by atoms with E-state index in [1.807, 2.05) is 18.2 Å². The summed E-state index contributed by atoms with van der Waals surface area (Å²) >= 11 is 0. The predicted molar refractivity (Wildman–Crippen MR) is 81.6 cm³/mol. The molecule has 1 aliphatic heterocycles. The number of benzene rings is 1. The molecule has 1 aromatic rings. The maximum atomic E-state index is 12.8. The summed E-state index contributed by atoms with van der Waals surface area (Å²) in [4.78, 5) is 27.1. The summed E-state index contributed by atoms with van der Waals surface area (Å²) in [5, 5.41) is 0. The Balaban J connectivity index is 1.38. The summed E-state index contributed by atoms with van der Waals surface area (Å²) in [5.41, 5.74) is 1.18. The lowest BCUT2D eigenvalue weighted by Crippen LogP contribution is -2.40. The van der Waals surface area contributed by atoms with Crippen molar-refractivity contribution >= 4 is 11.8 Å². The van der Waals surface area contributed by atoms with Gasteiger partial charge in [0.25, 0.3) is 0 Å². The summed E-state index contributed by atoms with van der Waals surface area (Å²) in [5.74, 6) is 2.11. The van der Waals surface area contributed by atoms with E-state index in [0.717, 1.165) is 6.42 Å². The van der Waals surface area contributed by atoms with Crippen molar-refractivity contribution in [1.29, 1.82) is 0 Å². The summed E-state index contributed by atoms with van der Waals surface area (Å²) in [6.07, 6.45) is 6.44. The van der Waals surface area contributed by atoms with Gasteiger partial charge in [-0.2, -0.15) is 0 Å². The molecule has 3 nitrogen and oxygen atoms in total. The van der Waals surface area contributed by atoms with Crippen LogP contribution in [0.15, 0.2) is 42.5 Å². The van der Waals surface area contributed by atoms with Crippen molar-refractivity contribution in [2.45, 2.75) is 12.8 Å². The van der Waals surface area contributed by atoms with Crippen LogP contribution in [0.3, 0.4) is 0 Å². The molecule has 0 N–H and O–H groups in total. The lowest BCUT2D eigenvalue weighted by molar-refractivity contribution is -0.140. The highest BCUT2D eigenvalue weighted by Crippen LogP contribution is 2.65. The minimum absolute atomic E-state index is 0.0537. The van der Waals surface area contributed by atoms with Gasteiger partial charge in [0.2, 0.25) is 11.8 Å². The molecule has 2 saturated carbocycles. The Morgan fingerprint density at radius 1 is 0.909 bits per heavy atom. The Morgan fingerprint density at radius 3 is 2.09 bits per heavy atom. The van der Waals surface area contributed by atoms with Gasteiger partial charge in [-0.3, -0.25) is 14.5 Å². The Hall–Kier alpha value is -1.90. The fourth-order valence-corrected chi connectivity index (χ4v) is 5.12. The van der Waals surface area contributed by atoms with Crippen LogP contribution in [0.1, 0.15) is 12.0 Å². The van der Waals surface area contributed by atoms with Gasteiger partial charge in [-0.25, -0.2) is 0 Å². The largest absolute Gasteiger partial charge is 0.282 e. The first-order chi connectivity index (χ1) is 10.8. The summed E-state index contributed by atoms with van der Waals surface area (Å²) in [6.45, 7) is 0.531. The van der Waals surface area contributed by atoms with Gasteiger partial charge in [0.1, 0.15) is 0 Å². The van der Waals surface area contributed by atoms with Gasteiger partial charge in [0, 0.05) is 6.54 Å². The zero-order valence-electron chi connectivity index (χ0n) is 12.4. The van der Waals surface area contributed by atoms with Crippen LogP contribution in [0.2, 0.25) is 0 Å². The van der Waals surface area contributed by atoms with Crippen molar-refractivity contribution in [1.82, 2.24) is 4.90 Å². The van der Waals surface area contributed by atoms with E-state index in [0.29, 0.717) is 30.2 Å². The molecular formula is C19H19NO2. The molecule has 112 valence electrons. The number of hydrogen-bond donors (Lipinski definition) is 0. The quantitative estimate of drug-likeness (QED) is 0.633. The maximum absolute atomic E-state index is 12.8. The van der Waals surface area contributed by atoms with E-state index in [1.54, 1.807) is 4.90 Å². The number of hydrogen-bond acceptors (Lipinski definition) is 2. The number of imide groups is 1. The van der Waals surface area contributed by atoms with Gasteiger partial charge in [0.05, 0.1) is 11.8 Å². The smallest absolute Gasteiger partial charge is 0.233 e. The second-order valence-electron chi connectivity index (χ2n) is 7.22. The van der Waals surface area contributed by atoms with Crippen molar-refractivity contribution in [2.24, 2.45) is 35.5 Å². The lowest BCUT2D eigenvalue weighted by Gasteiger charge is -2.37. The number of amides is 2. The molecule has 1 heterocycles. The number of rotatable bonds is 3. The third-order valence-corrected chi connectivity index (χ3v) is 6.22. The van der Waals surface area contributed by atoms with Gasteiger partial charge in [-0.15, -0.1) is 0 Å².